The summed E-state index contributed by atoms with van der Waals surface area (Å²) >= 11 is 0. The van der Waals surface area contributed by atoms with E-state index in [4.69, 9.17) is 4.74 Å². The van der Waals surface area contributed by atoms with Crippen LogP contribution in [0.25, 0.3) is 0 Å². The maximum atomic E-state index is 12.3. The van der Waals surface area contributed by atoms with Crippen molar-refractivity contribution in [2.24, 2.45) is 5.92 Å². The average Bonchev–Trinajstić information content (AvgIpc) is 2.57. The number of amides is 3. The lowest BCUT2D eigenvalue weighted by Crippen LogP contribution is -2.41. The standard InChI is InChI=1S/C14H18N2O3/c1-3-10-8-13(17)16(14(18)15-9-10)11-6-4-5-7-12(11)19-2/h4-7,10H,3,8-9H2,1-2H3,(H,15,18). The van der Waals surface area contributed by atoms with Crippen LogP contribution in [0.15, 0.2) is 24.3 Å². The fraction of sp³-hybridized carbons (Fsp3) is 0.429. The molecule has 1 aromatic carbocycles. The number of nitrogens with zero attached hydrogens (tertiary/aromatic N) is 1. The van der Waals surface area contributed by atoms with Gasteiger partial charge in [-0.15, -0.1) is 0 Å². The van der Waals surface area contributed by atoms with Crippen LogP contribution in [0.1, 0.15) is 19.8 Å². The second-order valence-electron chi connectivity index (χ2n) is 4.57. The highest BCUT2D eigenvalue weighted by atomic mass is 16.5. The van der Waals surface area contributed by atoms with Gasteiger partial charge >= 0.3 is 6.03 Å². The van der Waals surface area contributed by atoms with Gasteiger partial charge in [-0.25, -0.2) is 9.69 Å². The number of hydrogen-bond donors (Lipinski definition) is 1. The average molecular weight is 262 g/mol. The number of hydrogen-bond acceptors (Lipinski definition) is 3. The molecule has 0 radical (unpaired) electrons. The molecule has 1 N–H and O–H groups in total. The third-order valence-corrected chi connectivity index (χ3v) is 3.36. The van der Waals surface area contributed by atoms with E-state index in [1.807, 2.05) is 6.92 Å². The predicted octanol–water partition coefficient (Wildman–Crippen LogP) is 2.17. The summed E-state index contributed by atoms with van der Waals surface area (Å²) in [6.45, 7) is 2.55. The number of rotatable bonds is 3. The molecule has 0 bridgehead atoms. The number of carbonyl (C=O) groups is 2. The molecule has 5 nitrogen and oxygen atoms in total. The number of imide groups is 1. The molecule has 1 atom stereocenters. The highest BCUT2D eigenvalue weighted by molar-refractivity contribution is 6.15. The third kappa shape index (κ3) is 2.70. The second-order valence-corrected chi connectivity index (χ2v) is 4.57. The van der Waals surface area contributed by atoms with Crippen LogP contribution in [0.5, 0.6) is 5.75 Å². The summed E-state index contributed by atoms with van der Waals surface area (Å²) in [5.74, 6) is 0.517. The molecule has 1 unspecified atom stereocenters. The van der Waals surface area contributed by atoms with E-state index in [0.29, 0.717) is 24.4 Å². The molecule has 19 heavy (non-hydrogen) atoms. The van der Waals surface area contributed by atoms with Crippen molar-refractivity contribution < 1.29 is 14.3 Å². The first kappa shape index (κ1) is 13.4. The number of para-hydroxylation sites is 2. The largest absolute Gasteiger partial charge is 0.495 e. The molecular weight excluding hydrogens is 244 g/mol. The van der Waals surface area contributed by atoms with Crippen LogP contribution in [0.2, 0.25) is 0 Å². The monoisotopic (exact) mass is 262 g/mol. The molecule has 1 aliphatic rings. The molecule has 1 aliphatic heterocycles. The van der Waals surface area contributed by atoms with Crippen molar-refractivity contribution in [1.29, 1.82) is 0 Å². The maximum absolute atomic E-state index is 12.3. The first-order valence-corrected chi connectivity index (χ1v) is 6.41. The number of methoxy groups -OCH3 is 1. The Morgan fingerprint density at radius 1 is 1.37 bits per heavy atom. The van der Waals surface area contributed by atoms with E-state index in [1.54, 1.807) is 24.3 Å². The molecule has 1 fully saturated rings. The quantitative estimate of drug-likeness (QED) is 0.908. The number of urea groups is 1. The Labute approximate surface area is 112 Å². The Morgan fingerprint density at radius 3 is 2.79 bits per heavy atom. The summed E-state index contributed by atoms with van der Waals surface area (Å²) in [5, 5.41) is 2.79. The van der Waals surface area contributed by atoms with Gasteiger partial charge in [0.15, 0.2) is 0 Å². The lowest BCUT2D eigenvalue weighted by atomic mass is 10.0. The van der Waals surface area contributed by atoms with Crippen molar-refractivity contribution in [3.8, 4) is 5.75 Å². The fourth-order valence-electron chi connectivity index (χ4n) is 2.18. The summed E-state index contributed by atoms with van der Waals surface area (Å²) in [6.07, 6.45) is 1.24. The minimum Gasteiger partial charge on any atom is -0.495 e. The van der Waals surface area contributed by atoms with E-state index >= 15 is 0 Å². The van der Waals surface area contributed by atoms with Crippen LogP contribution in [-0.2, 0) is 4.79 Å². The van der Waals surface area contributed by atoms with Gasteiger partial charge in [0, 0.05) is 13.0 Å². The third-order valence-electron chi connectivity index (χ3n) is 3.36. The Kier molecular flexibility index (Phi) is 4.04. The molecule has 0 saturated carbocycles. The van der Waals surface area contributed by atoms with Crippen LogP contribution >= 0.6 is 0 Å². The second kappa shape index (κ2) is 5.73. The van der Waals surface area contributed by atoms with E-state index in [-0.39, 0.29) is 17.9 Å². The van der Waals surface area contributed by atoms with Crippen molar-refractivity contribution in [1.82, 2.24) is 5.32 Å². The lowest BCUT2D eigenvalue weighted by molar-refractivity contribution is -0.118. The Hall–Kier alpha value is -2.04. The summed E-state index contributed by atoms with van der Waals surface area (Å²) in [4.78, 5) is 25.5. The number of benzene rings is 1. The van der Waals surface area contributed by atoms with Crippen LogP contribution in [-0.4, -0.2) is 25.6 Å². The molecular formula is C14H18N2O3. The minimum absolute atomic E-state index is 0.189. The molecule has 0 aromatic heterocycles. The van der Waals surface area contributed by atoms with E-state index in [2.05, 4.69) is 5.32 Å². The highest BCUT2D eigenvalue weighted by Crippen LogP contribution is 2.29. The minimum atomic E-state index is -0.384. The maximum Gasteiger partial charge on any atom is 0.328 e. The number of anilines is 1. The Bertz CT molecular complexity index is 487. The molecule has 0 aliphatic carbocycles. The van der Waals surface area contributed by atoms with Crippen molar-refractivity contribution in [3.63, 3.8) is 0 Å². The first-order valence-electron chi connectivity index (χ1n) is 6.41. The van der Waals surface area contributed by atoms with Gasteiger partial charge in [0.05, 0.1) is 12.8 Å². The van der Waals surface area contributed by atoms with Gasteiger partial charge in [0.1, 0.15) is 5.75 Å². The van der Waals surface area contributed by atoms with Gasteiger partial charge in [-0.3, -0.25) is 4.79 Å². The predicted molar refractivity (Wildman–Crippen MR) is 72.3 cm³/mol. The lowest BCUT2D eigenvalue weighted by Gasteiger charge is -2.20. The smallest absolute Gasteiger partial charge is 0.328 e. The molecule has 1 aromatic rings. The summed E-state index contributed by atoms with van der Waals surface area (Å²) in [6, 6.07) is 6.64. The van der Waals surface area contributed by atoms with Crippen LogP contribution in [0, 0.1) is 5.92 Å². The van der Waals surface area contributed by atoms with Crippen molar-refractivity contribution in [3.05, 3.63) is 24.3 Å². The van der Waals surface area contributed by atoms with Gasteiger partial charge in [-0.05, 0) is 18.1 Å². The van der Waals surface area contributed by atoms with Gasteiger partial charge < -0.3 is 10.1 Å². The molecule has 5 heteroatoms. The van der Waals surface area contributed by atoms with E-state index in [9.17, 15) is 9.59 Å². The highest BCUT2D eigenvalue weighted by Gasteiger charge is 2.31. The molecule has 1 heterocycles. The fourth-order valence-corrected chi connectivity index (χ4v) is 2.18. The van der Waals surface area contributed by atoms with Crippen molar-refractivity contribution >= 4 is 17.6 Å². The summed E-state index contributed by atoms with van der Waals surface area (Å²) in [5.41, 5.74) is 0.490. The van der Waals surface area contributed by atoms with Crippen LogP contribution < -0.4 is 15.0 Å². The van der Waals surface area contributed by atoms with E-state index < -0.39 is 0 Å². The number of ether oxygens (including phenoxy) is 1. The van der Waals surface area contributed by atoms with Crippen LogP contribution in [0.4, 0.5) is 10.5 Å². The Balaban J connectivity index is 2.36. The number of carbonyl (C=O) groups excluding carboxylic acids is 2. The number of nitrogens with one attached hydrogen (secondary N) is 1. The normalized spacial score (nSPS) is 19.9. The molecule has 1 saturated heterocycles. The van der Waals surface area contributed by atoms with Gasteiger partial charge in [-0.1, -0.05) is 25.5 Å². The zero-order valence-electron chi connectivity index (χ0n) is 11.2. The van der Waals surface area contributed by atoms with Crippen molar-refractivity contribution in [2.75, 3.05) is 18.6 Å². The summed E-state index contributed by atoms with van der Waals surface area (Å²) in [7, 11) is 1.52. The molecule has 3 amide bonds. The molecule has 0 spiro atoms. The Morgan fingerprint density at radius 2 is 2.11 bits per heavy atom. The topological polar surface area (TPSA) is 58.6 Å². The molecule has 2 rings (SSSR count). The summed E-state index contributed by atoms with van der Waals surface area (Å²) < 4.78 is 5.22. The van der Waals surface area contributed by atoms with E-state index in [1.165, 1.54) is 12.0 Å². The van der Waals surface area contributed by atoms with Gasteiger partial charge in [0.2, 0.25) is 5.91 Å². The zero-order valence-corrected chi connectivity index (χ0v) is 11.2. The SMILES string of the molecule is CCC1CNC(=O)N(c2ccccc2OC)C(=O)C1. The zero-order chi connectivity index (χ0) is 13.8. The van der Waals surface area contributed by atoms with E-state index in [0.717, 1.165) is 6.42 Å². The molecule has 102 valence electrons. The van der Waals surface area contributed by atoms with Gasteiger partial charge in [-0.2, -0.15) is 0 Å². The first-order chi connectivity index (χ1) is 9.17. The van der Waals surface area contributed by atoms with Crippen molar-refractivity contribution in [2.45, 2.75) is 19.8 Å². The van der Waals surface area contributed by atoms with Crippen LogP contribution in [0.3, 0.4) is 0 Å². The van der Waals surface area contributed by atoms with Gasteiger partial charge in [0.25, 0.3) is 0 Å².